The van der Waals surface area contributed by atoms with E-state index in [0.717, 1.165) is 5.56 Å². The molecule has 4 heteroatoms. The molecule has 116 valence electrons. The van der Waals surface area contributed by atoms with Crippen molar-refractivity contribution in [2.45, 2.75) is 18.7 Å². The van der Waals surface area contributed by atoms with Gasteiger partial charge in [0, 0.05) is 18.2 Å². The molecule has 2 aliphatic rings. The maximum absolute atomic E-state index is 12.8. The molecule has 0 amide bonds. The number of hydrogen-bond donors (Lipinski definition) is 0. The summed E-state index contributed by atoms with van der Waals surface area (Å²) in [5.41, 5.74) is 0.986. The summed E-state index contributed by atoms with van der Waals surface area (Å²) in [5.74, 6) is 0.635. The molecule has 1 aromatic carbocycles. The highest BCUT2D eigenvalue weighted by molar-refractivity contribution is 7.89. The summed E-state index contributed by atoms with van der Waals surface area (Å²) in [5, 5.41) is 0. The van der Waals surface area contributed by atoms with Gasteiger partial charge in [-0.3, -0.25) is 4.31 Å². The summed E-state index contributed by atoms with van der Waals surface area (Å²) in [6.07, 6.45) is 9.83. The third-order valence-electron chi connectivity index (χ3n) is 4.83. The second-order valence-corrected chi connectivity index (χ2v) is 7.96. The molecule has 1 aromatic rings. The van der Waals surface area contributed by atoms with Crippen molar-refractivity contribution < 1.29 is 8.42 Å². The maximum atomic E-state index is 12.8. The van der Waals surface area contributed by atoms with Crippen LogP contribution in [0.5, 0.6) is 0 Å². The molecule has 0 bridgehead atoms. The van der Waals surface area contributed by atoms with Gasteiger partial charge in [-0.25, -0.2) is 8.42 Å². The SMILES string of the molecule is C=CC12C=CN(S(=O)(=O)c3ccc(C)cc3)CC1C2/C=C/C. The van der Waals surface area contributed by atoms with E-state index < -0.39 is 10.0 Å². The predicted molar refractivity (Wildman–Crippen MR) is 88.6 cm³/mol. The molecule has 3 nitrogen and oxygen atoms in total. The van der Waals surface area contributed by atoms with Crippen molar-refractivity contribution in [3.05, 3.63) is 66.9 Å². The molecular formula is C18H21NO2S. The van der Waals surface area contributed by atoms with E-state index in [4.69, 9.17) is 0 Å². The van der Waals surface area contributed by atoms with Gasteiger partial charge >= 0.3 is 0 Å². The first-order valence-corrected chi connectivity index (χ1v) is 8.94. The van der Waals surface area contributed by atoms with Gasteiger partial charge < -0.3 is 0 Å². The van der Waals surface area contributed by atoms with Crippen molar-refractivity contribution in [1.82, 2.24) is 4.31 Å². The zero-order chi connectivity index (χ0) is 16.0. The highest BCUT2D eigenvalue weighted by Crippen LogP contribution is 2.63. The Morgan fingerprint density at radius 2 is 2.00 bits per heavy atom. The molecule has 22 heavy (non-hydrogen) atoms. The number of hydrogen-bond acceptors (Lipinski definition) is 2. The first-order chi connectivity index (χ1) is 10.5. The quantitative estimate of drug-likeness (QED) is 0.797. The third-order valence-corrected chi connectivity index (χ3v) is 6.59. The third kappa shape index (κ3) is 2.13. The molecule has 3 atom stereocenters. The van der Waals surface area contributed by atoms with Gasteiger partial charge in [0.05, 0.1) is 4.90 Å². The van der Waals surface area contributed by atoms with Gasteiger partial charge in [-0.2, -0.15) is 0 Å². The molecular weight excluding hydrogens is 294 g/mol. The molecule has 3 rings (SSSR count). The molecule has 0 saturated heterocycles. The summed E-state index contributed by atoms with van der Waals surface area (Å²) in [6.45, 7) is 8.38. The molecule has 1 aliphatic carbocycles. The number of allylic oxidation sites excluding steroid dienone is 4. The molecule has 0 radical (unpaired) electrons. The molecule has 1 fully saturated rings. The van der Waals surface area contributed by atoms with Gasteiger partial charge in [0.1, 0.15) is 0 Å². The topological polar surface area (TPSA) is 37.4 Å². The van der Waals surface area contributed by atoms with E-state index in [-0.39, 0.29) is 11.3 Å². The van der Waals surface area contributed by atoms with Crippen molar-refractivity contribution >= 4 is 10.0 Å². The molecule has 0 N–H and O–H groups in total. The zero-order valence-corrected chi connectivity index (χ0v) is 13.8. The number of nitrogens with zero attached hydrogens (tertiary/aromatic N) is 1. The zero-order valence-electron chi connectivity index (χ0n) is 12.9. The van der Waals surface area contributed by atoms with Crippen molar-refractivity contribution in [2.75, 3.05) is 6.54 Å². The normalized spacial score (nSPS) is 30.4. The summed E-state index contributed by atoms with van der Waals surface area (Å²) in [6, 6.07) is 7.00. The van der Waals surface area contributed by atoms with E-state index in [1.165, 1.54) is 4.31 Å². The Labute approximate surface area is 132 Å². The van der Waals surface area contributed by atoms with Crippen molar-refractivity contribution in [1.29, 1.82) is 0 Å². The van der Waals surface area contributed by atoms with Crippen LogP contribution in [0.25, 0.3) is 0 Å². The van der Waals surface area contributed by atoms with Gasteiger partial charge in [-0.1, -0.05) is 42.0 Å². The average molecular weight is 315 g/mol. The van der Waals surface area contributed by atoms with Crippen LogP contribution < -0.4 is 0 Å². The fraction of sp³-hybridized carbons (Fsp3) is 0.333. The van der Waals surface area contributed by atoms with Crippen LogP contribution in [-0.2, 0) is 10.0 Å². The Bertz CT molecular complexity index is 746. The summed E-state index contributed by atoms with van der Waals surface area (Å²) in [7, 11) is -3.47. The lowest BCUT2D eigenvalue weighted by atomic mass is 10.0. The Morgan fingerprint density at radius 3 is 2.59 bits per heavy atom. The minimum atomic E-state index is -3.47. The van der Waals surface area contributed by atoms with E-state index in [0.29, 0.717) is 17.4 Å². The predicted octanol–water partition coefficient (Wildman–Crippen LogP) is 3.51. The second kappa shape index (κ2) is 5.13. The van der Waals surface area contributed by atoms with Crippen LogP contribution in [0.2, 0.25) is 0 Å². The lowest BCUT2D eigenvalue weighted by Gasteiger charge is -2.25. The molecule has 0 spiro atoms. The van der Waals surface area contributed by atoms with Gasteiger partial charge in [-0.05, 0) is 37.8 Å². The first kappa shape index (κ1) is 15.1. The monoisotopic (exact) mass is 315 g/mol. The smallest absolute Gasteiger partial charge is 0.263 e. The molecule has 3 unspecified atom stereocenters. The molecule has 1 heterocycles. The van der Waals surface area contributed by atoms with Crippen LogP contribution in [0.3, 0.4) is 0 Å². The number of fused-ring (bicyclic) bond motifs is 1. The van der Waals surface area contributed by atoms with Gasteiger partial charge in [0.2, 0.25) is 0 Å². The van der Waals surface area contributed by atoms with Crippen LogP contribution in [0.1, 0.15) is 12.5 Å². The second-order valence-electron chi connectivity index (χ2n) is 6.07. The molecule has 1 aliphatic heterocycles. The van der Waals surface area contributed by atoms with Crippen LogP contribution >= 0.6 is 0 Å². The highest BCUT2D eigenvalue weighted by Gasteiger charge is 2.61. The molecule has 1 saturated carbocycles. The van der Waals surface area contributed by atoms with Crippen molar-refractivity contribution in [3.63, 3.8) is 0 Å². The summed E-state index contributed by atoms with van der Waals surface area (Å²) < 4.78 is 27.0. The Kier molecular flexibility index (Phi) is 3.52. The standard InChI is InChI=1S/C18H21NO2S/c1-4-6-16-17-13-19(12-11-18(16,17)5-2)22(20,21)15-9-7-14(3)8-10-15/h4-12,16-17H,2,13H2,1,3H3/b6-4+. The van der Waals surface area contributed by atoms with Crippen molar-refractivity contribution in [3.8, 4) is 0 Å². The van der Waals surface area contributed by atoms with Gasteiger partial charge in [-0.15, -0.1) is 6.58 Å². The Balaban J connectivity index is 1.89. The van der Waals surface area contributed by atoms with Gasteiger partial charge in [0.15, 0.2) is 0 Å². The van der Waals surface area contributed by atoms with E-state index in [1.54, 1.807) is 18.3 Å². The average Bonchev–Trinajstić information content (AvgIpc) is 3.15. The molecule has 0 aromatic heterocycles. The number of sulfonamides is 1. The van der Waals surface area contributed by atoms with Crippen LogP contribution in [-0.4, -0.2) is 19.3 Å². The number of benzene rings is 1. The largest absolute Gasteiger partial charge is 0.273 e. The lowest BCUT2D eigenvalue weighted by Crippen LogP contribution is -2.31. The number of aryl methyl sites for hydroxylation is 1. The van der Waals surface area contributed by atoms with Crippen LogP contribution in [0.15, 0.2) is 66.2 Å². The van der Waals surface area contributed by atoms with E-state index in [9.17, 15) is 8.42 Å². The summed E-state index contributed by atoms with van der Waals surface area (Å²) >= 11 is 0. The maximum Gasteiger partial charge on any atom is 0.263 e. The number of rotatable bonds is 4. The van der Waals surface area contributed by atoms with E-state index in [2.05, 4.69) is 12.7 Å². The highest BCUT2D eigenvalue weighted by atomic mass is 32.2. The van der Waals surface area contributed by atoms with Crippen LogP contribution in [0.4, 0.5) is 0 Å². The Morgan fingerprint density at radius 1 is 1.32 bits per heavy atom. The van der Waals surface area contributed by atoms with Crippen LogP contribution in [0, 0.1) is 24.2 Å². The Hall–Kier alpha value is -1.81. The fourth-order valence-corrected chi connectivity index (χ4v) is 4.72. The lowest BCUT2D eigenvalue weighted by molar-refractivity contribution is 0.444. The fourth-order valence-electron chi connectivity index (χ4n) is 3.40. The van der Waals surface area contributed by atoms with Crippen molar-refractivity contribution in [2.24, 2.45) is 17.3 Å². The first-order valence-electron chi connectivity index (χ1n) is 7.50. The van der Waals surface area contributed by atoms with E-state index in [1.807, 2.05) is 44.2 Å². The summed E-state index contributed by atoms with van der Waals surface area (Å²) in [4.78, 5) is 0.345. The van der Waals surface area contributed by atoms with Gasteiger partial charge in [0.25, 0.3) is 10.0 Å². The minimum Gasteiger partial charge on any atom is -0.273 e. The minimum absolute atomic E-state index is 0.0637. The van der Waals surface area contributed by atoms with E-state index >= 15 is 0 Å².